The van der Waals surface area contributed by atoms with E-state index in [9.17, 15) is 0 Å². The summed E-state index contributed by atoms with van der Waals surface area (Å²) in [5.41, 5.74) is 2.74. The summed E-state index contributed by atoms with van der Waals surface area (Å²) in [6.07, 6.45) is 15.4. The number of hydrogen-bond acceptors (Lipinski definition) is 1. The molecular weight excluding hydrogens is 280 g/mol. The standard InChI is InChI=1S/C22H32O/c1-3-5-6-17-23-18-22-15-13-21(14-16-22)12-11-20-9-7-19(4-2)8-10-20/h3-5,13-16,19-20H,2,6-12,17-18H2,1H3. The second-order valence-corrected chi connectivity index (χ2v) is 6.78. The molecule has 1 fully saturated rings. The number of aryl methyl sites for hydroxylation is 1. The molecule has 1 aliphatic rings. The maximum Gasteiger partial charge on any atom is 0.0717 e. The molecule has 23 heavy (non-hydrogen) atoms. The van der Waals surface area contributed by atoms with Crippen LogP contribution in [0.2, 0.25) is 0 Å². The van der Waals surface area contributed by atoms with Crippen molar-refractivity contribution in [1.82, 2.24) is 0 Å². The number of ether oxygens (including phenoxy) is 1. The molecule has 1 nitrogen and oxygen atoms in total. The van der Waals surface area contributed by atoms with Crippen LogP contribution in [-0.2, 0) is 17.8 Å². The normalized spacial score (nSPS) is 21.6. The van der Waals surface area contributed by atoms with Gasteiger partial charge in [-0.1, -0.05) is 42.5 Å². The molecule has 0 aliphatic heterocycles. The summed E-state index contributed by atoms with van der Waals surface area (Å²) in [6.45, 7) is 7.51. The van der Waals surface area contributed by atoms with Crippen molar-refractivity contribution in [3.05, 3.63) is 60.2 Å². The Labute approximate surface area is 142 Å². The lowest BCUT2D eigenvalue weighted by Gasteiger charge is -2.26. The first kappa shape index (κ1) is 18.0. The van der Waals surface area contributed by atoms with Gasteiger partial charge in [-0.05, 0) is 74.8 Å². The lowest BCUT2D eigenvalue weighted by Crippen LogP contribution is -2.13. The third-order valence-electron chi connectivity index (χ3n) is 5.02. The first-order valence-electron chi connectivity index (χ1n) is 9.21. The fourth-order valence-corrected chi connectivity index (χ4v) is 3.39. The molecule has 0 N–H and O–H groups in total. The highest BCUT2D eigenvalue weighted by molar-refractivity contribution is 5.22. The van der Waals surface area contributed by atoms with Crippen molar-refractivity contribution >= 4 is 0 Å². The third kappa shape index (κ3) is 6.74. The Bertz CT molecular complexity index is 463. The molecule has 1 aromatic carbocycles. The van der Waals surface area contributed by atoms with Crippen molar-refractivity contribution in [3.63, 3.8) is 0 Å². The van der Waals surface area contributed by atoms with Crippen molar-refractivity contribution in [2.45, 2.75) is 58.5 Å². The number of hydrogen-bond donors (Lipinski definition) is 0. The molecule has 0 atom stereocenters. The highest BCUT2D eigenvalue weighted by Crippen LogP contribution is 2.32. The minimum absolute atomic E-state index is 0.726. The van der Waals surface area contributed by atoms with Gasteiger partial charge in [-0.25, -0.2) is 0 Å². The van der Waals surface area contributed by atoms with Gasteiger partial charge in [0.05, 0.1) is 13.2 Å². The average molecular weight is 312 g/mol. The smallest absolute Gasteiger partial charge is 0.0717 e. The number of rotatable bonds is 9. The maximum absolute atomic E-state index is 5.68. The quantitative estimate of drug-likeness (QED) is 0.396. The first-order chi connectivity index (χ1) is 11.3. The zero-order chi connectivity index (χ0) is 16.3. The Hall–Kier alpha value is -1.34. The molecule has 2 rings (SSSR count). The molecule has 0 spiro atoms. The molecule has 126 valence electrons. The summed E-state index contributed by atoms with van der Waals surface area (Å²) in [7, 11) is 0. The minimum atomic E-state index is 0.726. The van der Waals surface area contributed by atoms with Gasteiger partial charge in [-0.15, -0.1) is 6.58 Å². The van der Waals surface area contributed by atoms with Crippen molar-refractivity contribution in [1.29, 1.82) is 0 Å². The van der Waals surface area contributed by atoms with Gasteiger partial charge in [0, 0.05) is 0 Å². The zero-order valence-electron chi connectivity index (χ0n) is 14.7. The molecule has 0 heterocycles. The Balaban J connectivity index is 1.65. The molecule has 1 saturated carbocycles. The highest BCUT2D eigenvalue weighted by atomic mass is 16.5. The van der Waals surface area contributed by atoms with Gasteiger partial charge in [-0.3, -0.25) is 0 Å². The average Bonchev–Trinajstić information content (AvgIpc) is 2.61. The Morgan fingerprint density at radius 2 is 1.78 bits per heavy atom. The van der Waals surface area contributed by atoms with Crippen LogP contribution >= 0.6 is 0 Å². The Morgan fingerprint density at radius 1 is 1.09 bits per heavy atom. The topological polar surface area (TPSA) is 9.23 Å². The molecule has 0 unspecified atom stereocenters. The molecule has 0 amide bonds. The first-order valence-corrected chi connectivity index (χ1v) is 9.21. The fourth-order valence-electron chi connectivity index (χ4n) is 3.39. The van der Waals surface area contributed by atoms with Gasteiger partial charge in [-0.2, -0.15) is 0 Å². The summed E-state index contributed by atoms with van der Waals surface area (Å²) >= 11 is 0. The summed E-state index contributed by atoms with van der Waals surface area (Å²) in [4.78, 5) is 0. The minimum Gasteiger partial charge on any atom is -0.376 e. The molecule has 1 heteroatoms. The van der Waals surface area contributed by atoms with Gasteiger partial charge in [0.15, 0.2) is 0 Å². The summed E-state index contributed by atoms with van der Waals surface area (Å²) in [6, 6.07) is 9.00. The number of allylic oxidation sites excluding steroid dienone is 2. The van der Waals surface area contributed by atoms with E-state index in [1.807, 2.05) is 6.92 Å². The van der Waals surface area contributed by atoms with E-state index in [1.54, 1.807) is 0 Å². The monoisotopic (exact) mass is 312 g/mol. The largest absolute Gasteiger partial charge is 0.376 e. The van der Waals surface area contributed by atoms with E-state index < -0.39 is 0 Å². The number of benzene rings is 1. The Kier molecular flexibility index (Phi) is 8.17. The van der Waals surface area contributed by atoms with E-state index in [0.717, 1.165) is 31.5 Å². The summed E-state index contributed by atoms with van der Waals surface area (Å²) in [5.74, 6) is 1.69. The van der Waals surface area contributed by atoms with E-state index in [4.69, 9.17) is 4.74 Å². The van der Waals surface area contributed by atoms with E-state index >= 15 is 0 Å². The van der Waals surface area contributed by atoms with Gasteiger partial charge in [0.1, 0.15) is 0 Å². The third-order valence-corrected chi connectivity index (χ3v) is 5.02. The zero-order valence-corrected chi connectivity index (χ0v) is 14.7. The fraction of sp³-hybridized carbons (Fsp3) is 0.545. The molecule has 0 bridgehead atoms. The van der Waals surface area contributed by atoms with Crippen molar-refractivity contribution in [2.75, 3.05) is 6.61 Å². The predicted octanol–water partition coefficient (Wildman–Crippen LogP) is 6.09. The Morgan fingerprint density at radius 3 is 2.43 bits per heavy atom. The summed E-state index contributed by atoms with van der Waals surface area (Å²) in [5, 5.41) is 0. The lowest BCUT2D eigenvalue weighted by molar-refractivity contribution is 0.125. The van der Waals surface area contributed by atoms with Crippen LogP contribution < -0.4 is 0 Å². The van der Waals surface area contributed by atoms with Crippen LogP contribution in [0.3, 0.4) is 0 Å². The van der Waals surface area contributed by atoms with E-state index in [-0.39, 0.29) is 0 Å². The second kappa shape index (κ2) is 10.4. The van der Waals surface area contributed by atoms with Crippen LogP contribution in [0.25, 0.3) is 0 Å². The molecule has 0 radical (unpaired) electrons. The molecule has 0 aromatic heterocycles. The van der Waals surface area contributed by atoms with Crippen LogP contribution in [0.4, 0.5) is 0 Å². The van der Waals surface area contributed by atoms with E-state index in [2.05, 4.69) is 49.1 Å². The predicted molar refractivity (Wildman–Crippen MR) is 99.5 cm³/mol. The van der Waals surface area contributed by atoms with Crippen LogP contribution in [0.5, 0.6) is 0 Å². The van der Waals surface area contributed by atoms with Crippen LogP contribution in [0.15, 0.2) is 49.1 Å². The van der Waals surface area contributed by atoms with Gasteiger partial charge < -0.3 is 4.74 Å². The van der Waals surface area contributed by atoms with Crippen LogP contribution in [0, 0.1) is 11.8 Å². The molecule has 1 aliphatic carbocycles. The lowest BCUT2D eigenvalue weighted by atomic mass is 9.79. The maximum atomic E-state index is 5.68. The van der Waals surface area contributed by atoms with Crippen LogP contribution in [0.1, 0.15) is 56.6 Å². The van der Waals surface area contributed by atoms with E-state index in [0.29, 0.717) is 0 Å². The van der Waals surface area contributed by atoms with Gasteiger partial charge in [0.2, 0.25) is 0 Å². The molecule has 0 saturated heterocycles. The van der Waals surface area contributed by atoms with Crippen molar-refractivity contribution < 1.29 is 4.74 Å². The highest BCUT2D eigenvalue weighted by Gasteiger charge is 2.18. The summed E-state index contributed by atoms with van der Waals surface area (Å²) < 4.78 is 5.68. The second-order valence-electron chi connectivity index (χ2n) is 6.78. The van der Waals surface area contributed by atoms with E-state index in [1.165, 1.54) is 49.7 Å². The van der Waals surface area contributed by atoms with Gasteiger partial charge >= 0.3 is 0 Å². The SMILES string of the molecule is C=CC1CCC(CCc2ccc(COCCC=CC)cc2)CC1. The molecular formula is C22H32O. The van der Waals surface area contributed by atoms with Gasteiger partial charge in [0.25, 0.3) is 0 Å². The van der Waals surface area contributed by atoms with Crippen molar-refractivity contribution in [3.8, 4) is 0 Å². The van der Waals surface area contributed by atoms with Crippen LogP contribution in [-0.4, -0.2) is 6.61 Å². The molecule has 1 aromatic rings. The van der Waals surface area contributed by atoms with Crippen molar-refractivity contribution in [2.24, 2.45) is 11.8 Å².